The Morgan fingerprint density at radius 2 is 1.59 bits per heavy atom. The molecule has 0 aromatic heterocycles. The standard InChI is InChI=1S/C29H40FO2PSi/c1-23-24(17-19-30)21-26(32-34(5,6)29(2,3)4)22-25(23)18-20-33(31,27-13-9-7-10-14-27)28-15-11-8-12-16-28/h7-16,18,24,26H,1,17,19-22H2,2-6H3/b25-18-/t24-,26-/m0/s1. The van der Waals surface area contributed by atoms with E-state index in [0.29, 0.717) is 12.6 Å². The van der Waals surface area contributed by atoms with Gasteiger partial charge in [0.2, 0.25) is 0 Å². The third kappa shape index (κ3) is 6.08. The first-order valence-electron chi connectivity index (χ1n) is 12.3. The molecule has 3 rings (SSSR count). The number of rotatable bonds is 8. The molecule has 0 radical (unpaired) electrons. The van der Waals surface area contributed by atoms with Gasteiger partial charge in [-0.15, -0.1) is 0 Å². The Labute approximate surface area is 206 Å². The van der Waals surface area contributed by atoms with Crippen LogP contribution in [0.1, 0.15) is 40.0 Å². The highest BCUT2D eigenvalue weighted by Gasteiger charge is 2.41. The molecule has 0 unspecified atom stereocenters. The Morgan fingerprint density at radius 1 is 1.06 bits per heavy atom. The van der Waals surface area contributed by atoms with E-state index in [1.54, 1.807) is 0 Å². The number of hydrogen-bond donors (Lipinski definition) is 0. The molecule has 34 heavy (non-hydrogen) atoms. The number of benzene rings is 2. The molecule has 1 saturated carbocycles. The molecule has 0 aliphatic heterocycles. The molecule has 184 valence electrons. The van der Waals surface area contributed by atoms with E-state index < -0.39 is 15.5 Å². The van der Waals surface area contributed by atoms with Crippen LogP contribution < -0.4 is 10.6 Å². The Hall–Kier alpha value is -1.74. The molecule has 0 spiro atoms. The molecule has 0 heterocycles. The fourth-order valence-corrected chi connectivity index (χ4v) is 8.31. The third-order valence-corrected chi connectivity index (χ3v) is 15.1. The summed E-state index contributed by atoms with van der Waals surface area (Å²) in [6.07, 6.45) is 4.59. The van der Waals surface area contributed by atoms with Crippen LogP contribution in [0.15, 0.2) is 84.5 Å². The van der Waals surface area contributed by atoms with E-state index in [9.17, 15) is 8.96 Å². The predicted molar refractivity (Wildman–Crippen MR) is 147 cm³/mol. The summed E-state index contributed by atoms with van der Waals surface area (Å²) >= 11 is 0. The van der Waals surface area contributed by atoms with Crippen LogP contribution in [0, 0.1) is 5.92 Å². The van der Waals surface area contributed by atoms with Gasteiger partial charge in [0, 0.05) is 22.9 Å². The summed E-state index contributed by atoms with van der Waals surface area (Å²) in [5, 5.41) is 1.82. The second-order valence-electron chi connectivity index (χ2n) is 11.0. The lowest BCUT2D eigenvalue weighted by molar-refractivity contribution is 0.141. The summed E-state index contributed by atoms with van der Waals surface area (Å²) in [7, 11) is -4.83. The molecule has 0 saturated heterocycles. The summed E-state index contributed by atoms with van der Waals surface area (Å²) < 4.78 is 34.6. The van der Waals surface area contributed by atoms with E-state index in [4.69, 9.17) is 4.43 Å². The van der Waals surface area contributed by atoms with Crippen molar-refractivity contribution in [3.63, 3.8) is 0 Å². The minimum atomic E-state index is -2.86. The average Bonchev–Trinajstić information content (AvgIpc) is 2.80. The minimum absolute atomic E-state index is 0.0435. The first-order chi connectivity index (χ1) is 16.0. The van der Waals surface area contributed by atoms with Gasteiger partial charge in [-0.2, -0.15) is 0 Å². The van der Waals surface area contributed by atoms with Crippen LogP contribution >= 0.6 is 7.14 Å². The molecule has 1 aliphatic rings. The maximum atomic E-state index is 14.5. The Morgan fingerprint density at radius 3 is 2.06 bits per heavy atom. The summed E-state index contributed by atoms with van der Waals surface area (Å²) in [6, 6.07) is 19.5. The van der Waals surface area contributed by atoms with Gasteiger partial charge in [0.1, 0.15) is 7.14 Å². The summed E-state index contributed by atoms with van der Waals surface area (Å²) in [6.45, 7) is 15.2. The van der Waals surface area contributed by atoms with Crippen molar-refractivity contribution in [2.75, 3.05) is 12.8 Å². The largest absolute Gasteiger partial charge is 0.414 e. The molecule has 1 fully saturated rings. The van der Waals surface area contributed by atoms with Crippen molar-refractivity contribution in [2.45, 2.75) is 64.3 Å². The van der Waals surface area contributed by atoms with Crippen LogP contribution in [0.5, 0.6) is 0 Å². The van der Waals surface area contributed by atoms with Gasteiger partial charge in [-0.3, -0.25) is 4.39 Å². The van der Waals surface area contributed by atoms with Gasteiger partial charge < -0.3 is 8.99 Å². The second-order valence-corrected chi connectivity index (χ2v) is 18.6. The van der Waals surface area contributed by atoms with Crippen molar-refractivity contribution >= 4 is 26.1 Å². The van der Waals surface area contributed by atoms with Gasteiger partial charge in [0.15, 0.2) is 8.32 Å². The molecular weight excluding hydrogens is 458 g/mol. The van der Waals surface area contributed by atoms with E-state index >= 15 is 0 Å². The van der Waals surface area contributed by atoms with Crippen molar-refractivity contribution < 1.29 is 13.4 Å². The minimum Gasteiger partial charge on any atom is -0.414 e. The van der Waals surface area contributed by atoms with E-state index in [1.807, 2.05) is 60.7 Å². The van der Waals surface area contributed by atoms with Crippen LogP contribution in [-0.2, 0) is 8.99 Å². The summed E-state index contributed by atoms with van der Waals surface area (Å²) in [4.78, 5) is 0. The molecule has 0 amide bonds. The van der Waals surface area contributed by atoms with Crippen LogP contribution in [0.25, 0.3) is 0 Å². The second kappa shape index (κ2) is 10.9. The molecule has 2 aromatic rings. The quantitative estimate of drug-likeness (QED) is 0.276. The fraction of sp³-hybridized carbons (Fsp3) is 0.448. The Bertz CT molecular complexity index is 997. The van der Waals surface area contributed by atoms with E-state index in [2.05, 4.69) is 46.5 Å². The number of alkyl halides is 1. The van der Waals surface area contributed by atoms with Crippen molar-refractivity contribution in [1.82, 2.24) is 0 Å². The van der Waals surface area contributed by atoms with Crippen molar-refractivity contribution in [3.8, 4) is 0 Å². The molecule has 2 nitrogen and oxygen atoms in total. The fourth-order valence-electron chi connectivity index (χ4n) is 4.44. The highest BCUT2D eigenvalue weighted by Crippen LogP contribution is 2.46. The molecule has 2 atom stereocenters. The van der Waals surface area contributed by atoms with Gasteiger partial charge in [-0.25, -0.2) is 0 Å². The third-order valence-electron chi connectivity index (χ3n) is 7.57. The zero-order valence-corrected chi connectivity index (χ0v) is 23.3. The summed E-state index contributed by atoms with van der Waals surface area (Å²) in [5.74, 6) is 0.0626. The molecule has 2 aromatic carbocycles. The zero-order valence-electron chi connectivity index (χ0n) is 21.4. The predicted octanol–water partition coefficient (Wildman–Crippen LogP) is 7.64. The topological polar surface area (TPSA) is 26.3 Å². The highest BCUT2D eigenvalue weighted by atomic mass is 31.2. The van der Waals surface area contributed by atoms with Crippen molar-refractivity contribution in [1.29, 1.82) is 0 Å². The monoisotopic (exact) mass is 498 g/mol. The number of allylic oxidation sites excluding steroid dienone is 2. The lowest BCUT2D eigenvalue weighted by Crippen LogP contribution is -2.45. The van der Waals surface area contributed by atoms with Crippen LogP contribution in [0.3, 0.4) is 0 Å². The number of halogens is 1. The van der Waals surface area contributed by atoms with E-state index in [0.717, 1.165) is 34.6 Å². The maximum Gasteiger partial charge on any atom is 0.192 e. The number of hydrogen-bond acceptors (Lipinski definition) is 2. The maximum absolute atomic E-state index is 14.5. The Balaban J connectivity index is 1.94. The van der Waals surface area contributed by atoms with Gasteiger partial charge >= 0.3 is 0 Å². The van der Waals surface area contributed by atoms with Crippen molar-refractivity contribution in [3.05, 3.63) is 84.5 Å². The smallest absolute Gasteiger partial charge is 0.192 e. The Kier molecular flexibility index (Phi) is 8.60. The van der Waals surface area contributed by atoms with Crippen molar-refractivity contribution in [2.24, 2.45) is 5.92 Å². The van der Waals surface area contributed by atoms with Crippen LogP contribution in [-0.4, -0.2) is 27.3 Å². The van der Waals surface area contributed by atoms with Gasteiger partial charge in [0.25, 0.3) is 0 Å². The first-order valence-corrected chi connectivity index (χ1v) is 17.1. The normalized spacial score (nSPS) is 21.1. The molecule has 1 aliphatic carbocycles. The lowest BCUT2D eigenvalue weighted by Gasteiger charge is -2.42. The first kappa shape index (κ1) is 26.9. The van der Waals surface area contributed by atoms with Crippen LogP contribution in [0.2, 0.25) is 18.1 Å². The van der Waals surface area contributed by atoms with Gasteiger partial charge in [0.05, 0.1) is 6.67 Å². The van der Waals surface area contributed by atoms with E-state index in [1.165, 1.54) is 0 Å². The van der Waals surface area contributed by atoms with Gasteiger partial charge in [-0.1, -0.05) is 94.1 Å². The zero-order chi connectivity index (χ0) is 25.0. The highest BCUT2D eigenvalue weighted by molar-refractivity contribution is 7.78. The lowest BCUT2D eigenvalue weighted by atomic mass is 9.78. The molecular formula is C29H40FO2PSi. The van der Waals surface area contributed by atoms with Crippen LogP contribution in [0.4, 0.5) is 4.39 Å². The summed E-state index contributed by atoms with van der Waals surface area (Å²) in [5.41, 5.74) is 2.07. The van der Waals surface area contributed by atoms with E-state index in [-0.39, 0.29) is 23.7 Å². The molecule has 5 heteroatoms. The SMILES string of the molecule is C=C1/C(=C\CP(=O)(c2ccccc2)c2ccccc2)C[C@@H](O[Si](C)(C)C(C)(C)C)C[C@@H]1CCF. The molecule has 0 bridgehead atoms. The van der Waals surface area contributed by atoms with Gasteiger partial charge in [-0.05, 0) is 54.5 Å². The molecule has 0 N–H and O–H groups in total. The average molecular weight is 499 g/mol.